The molecule has 5 nitrogen and oxygen atoms in total. The van der Waals surface area contributed by atoms with Crippen molar-refractivity contribution in [2.75, 3.05) is 5.32 Å². The van der Waals surface area contributed by atoms with Gasteiger partial charge in [0.1, 0.15) is 11.6 Å². The lowest BCUT2D eigenvalue weighted by Gasteiger charge is -2.13. The highest BCUT2D eigenvalue weighted by Gasteiger charge is 2.47. The maximum absolute atomic E-state index is 14.7. The molecule has 2 aromatic carbocycles. The Morgan fingerprint density at radius 1 is 1.06 bits per heavy atom. The summed E-state index contributed by atoms with van der Waals surface area (Å²) in [5, 5.41) is 11.1. The summed E-state index contributed by atoms with van der Waals surface area (Å²) >= 11 is 0. The van der Waals surface area contributed by atoms with Crippen molar-refractivity contribution in [3.05, 3.63) is 65.2 Å². The van der Waals surface area contributed by atoms with E-state index < -0.39 is 29.4 Å². The standard InChI is InChI=1S/C24H22F4N4O/c25-20-10-9-14(12-18(20)22-31-30-21-8-2-1-5-11-32(21)22)29-23(33)17-13-16(17)15-6-3-4-7-19(15)24(26,27)28/h3-4,6-7,9-10,12,16-17H,1-2,5,8,11,13H2,(H,29,33). The molecule has 1 N–H and O–H groups in total. The molecule has 172 valence electrons. The number of amides is 1. The Hall–Kier alpha value is -3.23. The van der Waals surface area contributed by atoms with Gasteiger partial charge in [-0.05, 0) is 55.0 Å². The van der Waals surface area contributed by atoms with Crippen molar-refractivity contribution in [1.29, 1.82) is 0 Å². The second kappa shape index (κ2) is 8.28. The number of nitrogens with zero attached hydrogens (tertiary/aromatic N) is 3. The van der Waals surface area contributed by atoms with Crippen LogP contribution in [0.15, 0.2) is 42.5 Å². The van der Waals surface area contributed by atoms with Crippen molar-refractivity contribution in [3.8, 4) is 11.4 Å². The smallest absolute Gasteiger partial charge is 0.326 e. The van der Waals surface area contributed by atoms with Crippen LogP contribution in [0.1, 0.15) is 48.6 Å². The van der Waals surface area contributed by atoms with E-state index in [9.17, 15) is 22.4 Å². The number of anilines is 1. The van der Waals surface area contributed by atoms with Gasteiger partial charge in [-0.1, -0.05) is 24.6 Å². The molecule has 1 aliphatic heterocycles. The van der Waals surface area contributed by atoms with E-state index >= 15 is 0 Å². The molecular weight excluding hydrogens is 436 g/mol. The van der Waals surface area contributed by atoms with Crippen LogP contribution in [0.25, 0.3) is 11.4 Å². The minimum atomic E-state index is -4.47. The third kappa shape index (κ3) is 4.24. The Kier molecular flexibility index (Phi) is 5.42. The van der Waals surface area contributed by atoms with Gasteiger partial charge in [0.05, 0.1) is 11.1 Å². The molecule has 1 fully saturated rings. The number of rotatable bonds is 4. The molecule has 3 aromatic rings. The maximum atomic E-state index is 14.7. The molecule has 9 heteroatoms. The summed E-state index contributed by atoms with van der Waals surface area (Å²) in [4.78, 5) is 12.8. The number of hydrogen-bond acceptors (Lipinski definition) is 3. The van der Waals surface area contributed by atoms with E-state index in [2.05, 4.69) is 15.5 Å². The number of halogens is 4. The zero-order valence-electron chi connectivity index (χ0n) is 17.7. The predicted octanol–water partition coefficient (Wildman–Crippen LogP) is 5.57. The number of aryl methyl sites for hydroxylation is 1. The Bertz CT molecular complexity index is 1200. The van der Waals surface area contributed by atoms with E-state index in [4.69, 9.17) is 0 Å². The molecule has 2 atom stereocenters. The maximum Gasteiger partial charge on any atom is 0.416 e. The van der Waals surface area contributed by atoms with Crippen LogP contribution in [-0.2, 0) is 23.9 Å². The molecule has 0 radical (unpaired) electrons. The Morgan fingerprint density at radius 2 is 1.88 bits per heavy atom. The average Bonchev–Trinajstić information content (AvgIpc) is 3.54. The van der Waals surface area contributed by atoms with E-state index in [1.807, 2.05) is 4.57 Å². The highest BCUT2D eigenvalue weighted by molar-refractivity contribution is 5.95. The van der Waals surface area contributed by atoms with Crippen LogP contribution in [-0.4, -0.2) is 20.7 Å². The third-order valence-electron chi connectivity index (χ3n) is 6.38. The normalized spacial score (nSPS) is 20.1. The minimum Gasteiger partial charge on any atom is -0.326 e. The summed E-state index contributed by atoms with van der Waals surface area (Å²) in [6.45, 7) is 0.704. The summed E-state index contributed by atoms with van der Waals surface area (Å²) in [5.41, 5.74) is 0.0401. The van der Waals surface area contributed by atoms with Crippen LogP contribution in [0.4, 0.5) is 23.2 Å². The SMILES string of the molecule is O=C(Nc1ccc(F)c(-c2nnc3n2CCCCC3)c1)C1CC1c1ccccc1C(F)(F)F. The number of hydrogen-bond donors (Lipinski definition) is 1. The lowest BCUT2D eigenvalue weighted by molar-refractivity contribution is -0.138. The van der Waals surface area contributed by atoms with E-state index in [0.29, 0.717) is 24.5 Å². The van der Waals surface area contributed by atoms with Crippen molar-refractivity contribution in [2.45, 2.75) is 50.7 Å². The second-order valence-corrected chi connectivity index (χ2v) is 8.62. The van der Waals surface area contributed by atoms with Crippen LogP contribution in [0.2, 0.25) is 0 Å². The number of alkyl halides is 3. The van der Waals surface area contributed by atoms with Crippen LogP contribution >= 0.6 is 0 Å². The lowest BCUT2D eigenvalue weighted by atomic mass is 10.0. The van der Waals surface area contributed by atoms with Gasteiger partial charge in [-0.3, -0.25) is 4.79 Å². The summed E-state index contributed by atoms with van der Waals surface area (Å²) in [5.74, 6) is -0.670. The van der Waals surface area contributed by atoms with Crippen molar-refractivity contribution in [3.63, 3.8) is 0 Å². The first kappa shape index (κ1) is 21.6. The summed E-state index contributed by atoms with van der Waals surface area (Å²) < 4.78 is 56.5. The number of aromatic nitrogens is 3. The van der Waals surface area contributed by atoms with Crippen molar-refractivity contribution in [2.24, 2.45) is 5.92 Å². The van der Waals surface area contributed by atoms with E-state index in [1.54, 1.807) is 6.07 Å². The highest BCUT2D eigenvalue weighted by atomic mass is 19.4. The molecule has 1 aliphatic carbocycles. The zero-order valence-corrected chi connectivity index (χ0v) is 17.7. The second-order valence-electron chi connectivity index (χ2n) is 8.62. The molecule has 2 heterocycles. The number of carbonyl (C=O) groups is 1. The molecule has 1 amide bonds. The van der Waals surface area contributed by atoms with Crippen molar-refractivity contribution in [1.82, 2.24) is 14.8 Å². The number of fused-ring (bicyclic) bond motifs is 1. The third-order valence-corrected chi connectivity index (χ3v) is 6.38. The molecule has 1 saturated carbocycles. The van der Waals surface area contributed by atoms with E-state index in [1.165, 1.54) is 30.3 Å². The number of carbonyl (C=O) groups excluding carboxylic acids is 1. The number of benzene rings is 2. The van der Waals surface area contributed by atoms with Gasteiger partial charge in [-0.2, -0.15) is 13.2 Å². The molecule has 33 heavy (non-hydrogen) atoms. The van der Waals surface area contributed by atoms with Gasteiger partial charge < -0.3 is 9.88 Å². The van der Waals surface area contributed by atoms with Crippen molar-refractivity contribution < 1.29 is 22.4 Å². The van der Waals surface area contributed by atoms with Crippen LogP contribution < -0.4 is 5.32 Å². The van der Waals surface area contributed by atoms with Crippen molar-refractivity contribution >= 4 is 11.6 Å². The molecule has 0 saturated heterocycles. The van der Waals surface area contributed by atoms with Gasteiger partial charge in [0.15, 0.2) is 5.82 Å². The monoisotopic (exact) mass is 458 g/mol. The fraction of sp³-hybridized carbons (Fsp3) is 0.375. The first-order valence-electron chi connectivity index (χ1n) is 11.0. The Balaban J connectivity index is 1.35. The molecule has 2 aliphatic rings. The molecule has 0 spiro atoms. The van der Waals surface area contributed by atoms with Gasteiger partial charge in [-0.25, -0.2) is 4.39 Å². The van der Waals surface area contributed by atoms with Crippen LogP contribution in [0.5, 0.6) is 0 Å². The Morgan fingerprint density at radius 3 is 2.70 bits per heavy atom. The first-order valence-corrected chi connectivity index (χ1v) is 11.0. The van der Waals surface area contributed by atoms with Gasteiger partial charge in [-0.15, -0.1) is 10.2 Å². The summed E-state index contributed by atoms with van der Waals surface area (Å²) in [6.07, 6.45) is -0.308. The highest BCUT2D eigenvalue weighted by Crippen LogP contribution is 2.51. The quantitative estimate of drug-likeness (QED) is 0.520. The Labute approximate surface area is 187 Å². The fourth-order valence-electron chi connectivity index (χ4n) is 4.60. The molecule has 0 bridgehead atoms. The van der Waals surface area contributed by atoms with Gasteiger partial charge in [0.2, 0.25) is 5.91 Å². The molecule has 5 rings (SSSR count). The van der Waals surface area contributed by atoms with Gasteiger partial charge >= 0.3 is 6.18 Å². The molecule has 2 unspecified atom stereocenters. The summed E-state index contributed by atoms with van der Waals surface area (Å²) in [6, 6.07) is 9.56. The average molecular weight is 458 g/mol. The molecular formula is C24H22F4N4O. The van der Waals surface area contributed by atoms with Gasteiger partial charge in [0.25, 0.3) is 0 Å². The summed E-state index contributed by atoms with van der Waals surface area (Å²) in [7, 11) is 0. The molecule has 1 aromatic heterocycles. The van der Waals surface area contributed by atoms with Gasteiger partial charge in [0, 0.05) is 24.6 Å². The zero-order chi connectivity index (χ0) is 23.2. The largest absolute Gasteiger partial charge is 0.416 e. The topological polar surface area (TPSA) is 59.8 Å². The fourth-order valence-corrected chi connectivity index (χ4v) is 4.60. The lowest BCUT2D eigenvalue weighted by Crippen LogP contribution is -2.16. The predicted molar refractivity (Wildman–Crippen MR) is 114 cm³/mol. The van der Waals surface area contributed by atoms with E-state index in [-0.39, 0.29) is 17.0 Å². The minimum absolute atomic E-state index is 0.135. The van der Waals surface area contributed by atoms with Crippen LogP contribution in [0, 0.1) is 11.7 Å². The van der Waals surface area contributed by atoms with Crippen LogP contribution in [0.3, 0.4) is 0 Å². The first-order chi connectivity index (χ1) is 15.8. The van der Waals surface area contributed by atoms with E-state index in [0.717, 1.165) is 37.6 Å². The number of nitrogens with one attached hydrogen (secondary N) is 1.